The molecule has 0 amide bonds. The Morgan fingerprint density at radius 3 is 2.68 bits per heavy atom. The van der Waals surface area contributed by atoms with Gasteiger partial charge >= 0.3 is 0 Å². The van der Waals surface area contributed by atoms with Crippen molar-refractivity contribution in [3.63, 3.8) is 0 Å². The second kappa shape index (κ2) is 5.22. The fraction of sp³-hybridized carbons (Fsp3) is 0.412. The SMILES string of the molecule is CCC1NCCC1c1ccc(OC)c2ccccc12. The molecule has 100 valence electrons. The van der Waals surface area contributed by atoms with Crippen molar-refractivity contribution >= 4 is 10.8 Å². The highest BCUT2D eigenvalue weighted by molar-refractivity contribution is 5.91. The molecule has 2 aromatic rings. The van der Waals surface area contributed by atoms with Crippen LogP contribution in [-0.4, -0.2) is 19.7 Å². The summed E-state index contributed by atoms with van der Waals surface area (Å²) < 4.78 is 5.48. The maximum absolute atomic E-state index is 5.48. The molecular formula is C17H21NO. The van der Waals surface area contributed by atoms with Gasteiger partial charge in [0.05, 0.1) is 7.11 Å². The number of hydrogen-bond donors (Lipinski definition) is 1. The van der Waals surface area contributed by atoms with Crippen LogP contribution in [0.4, 0.5) is 0 Å². The molecule has 0 spiro atoms. The quantitative estimate of drug-likeness (QED) is 0.903. The monoisotopic (exact) mass is 255 g/mol. The van der Waals surface area contributed by atoms with E-state index in [-0.39, 0.29) is 0 Å². The molecule has 0 aliphatic carbocycles. The van der Waals surface area contributed by atoms with Gasteiger partial charge in [0, 0.05) is 17.3 Å². The first-order valence-corrected chi connectivity index (χ1v) is 7.14. The van der Waals surface area contributed by atoms with Gasteiger partial charge < -0.3 is 10.1 Å². The van der Waals surface area contributed by atoms with Gasteiger partial charge in [-0.15, -0.1) is 0 Å². The summed E-state index contributed by atoms with van der Waals surface area (Å²) in [6.07, 6.45) is 2.42. The number of nitrogens with one attached hydrogen (secondary N) is 1. The van der Waals surface area contributed by atoms with Crippen molar-refractivity contribution in [3.05, 3.63) is 42.0 Å². The Labute approximate surface area is 114 Å². The first-order chi connectivity index (χ1) is 9.35. The highest BCUT2D eigenvalue weighted by Crippen LogP contribution is 2.37. The molecule has 2 atom stereocenters. The maximum atomic E-state index is 5.48. The molecule has 19 heavy (non-hydrogen) atoms. The molecule has 1 fully saturated rings. The van der Waals surface area contributed by atoms with E-state index in [2.05, 4.69) is 48.6 Å². The maximum Gasteiger partial charge on any atom is 0.126 e. The third-order valence-electron chi connectivity index (χ3n) is 4.32. The minimum Gasteiger partial charge on any atom is -0.496 e. The third kappa shape index (κ3) is 2.10. The van der Waals surface area contributed by atoms with Gasteiger partial charge in [0.15, 0.2) is 0 Å². The number of rotatable bonds is 3. The van der Waals surface area contributed by atoms with Crippen LogP contribution in [0.1, 0.15) is 31.2 Å². The summed E-state index contributed by atoms with van der Waals surface area (Å²) >= 11 is 0. The summed E-state index contributed by atoms with van der Waals surface area (Å²) in [4.78, 5) is 0. The van der Waals surface area contributed by atoms with Crippen LogP contribution in [0.15, 0.2) is 36.4 Å². The fourth-order valence-electron chi connectivity index (χ4n) is 3.36. The summed E-state index contributed by atoms with van der Waals surface area (Å²) in [6, 6.07) is 13.5. The minimum absolute atomic E-state index is 0.608. The van der Waals surface area contributed by atoms with Crippen molar-refractivity contribution in [1.82, 2.24) is 5.32 Å². The lowest BCUT2D eigenvalue weighted by molar-refractivity contribution is 0.419. The summed E-state index contributed by atoms with van der Waals surface area (Å²) in [5.74, 6) is 1.60. The van der Waals surface area contributed by atoms with Crippen LogP contribution in [0.5, 0.6) is 5.75 Å². The molecule has 1 saturated heterocycles. The molecule has 3 rings (SSSR count). The van der Waals surface area contributed by atoms with Crippen LogP contribution < -0.4 is 10.1 Å². The molecule has 2 unspecified atom stereocenters. The van der Waals surface area contributed by atoms with E-state index in [4.69, 9.17) is 4.74 Å². The molecule has 0 saturated carbocycles. The predicted octanol–water partition coefficient (Wildman–Crippen LogP) is 3.70. The second-order valence-corrected chi connectivity index (χ2v) is 5.27. The van der Waals surface area contributed by atoms with Crippen LogP contribution in [-0.2, 0) is 0 Å². The fourth-order valence-corrected chi connectivity index (χ4v) is 3.36. The summed E-state index contributed by atoms with van der Waals surface area (Å²) in [7, 11) is 1.74. The Morgan fingerprint density at radius 1 is 1.16 bits per heavy atom. The lowest BCUT2D eigenvalue weighted by atomic mass is 9.87. The van der Waals surface area contributed by atoms with Crippen LogP contribution in [0.25, 0.3) is 10.8 Å². The van der Waals surface area contributed by atoms with Crippen LogP contribution in [0, 0.1) is 0 Å². The summed E-state index contributed by atoms with van der Waals surface area (Å²) in [6.45, 7) is 3.39. The molecule has 0 bridgehead atoms. The largest absolute Gasteiger partial charge is 0.496 e. The zero-order valence-corrected chi connectivity index (χ0v) is 11.6. The third-order valence-corrected chi connectivity index (χ3v) is 4.32. The van der Waals surface area contributed by atoms with Gasteiger partial charge in [-0.1, -0.05) is 37.3 Å². The molecule has 1 heterocycles. The lowest BCUT2D eigenvalue weighted by Crippen LogP contribution is -2.24. The Morgan fingerprint density at radius 2 is 1.95 bits per heavy atom. The average molecular weight is 255 g/mol. The van der Waals surface area contributed by atoms with Crippen LogP contribution >= 0.6 is 0 Å². The summed E-state index contributed by atoms with van der Waals surface area (Å²) in [5.41, 5.74) is 1.47. The molecule has 2 nitrogen and oxygen atoms in total. The number of ether oxygens (including phenoxy) is 1. The molecule has 2 heteroatoms. The zero-order valence-electron chi connectivity index (χ0n) is 11.6. The van der Waals surface area contributed by atoms with Crippen molar-refractivity contribution in [1.29, 1.82) is 0 Å². The molecule has 0 aromatic heterocycles. The molecule has 0 radical (unpaired) electrons. The number of fused-ring (bicyclic) bond motifs is 1. The van der Waals surface area contributed by atoms with E-state index in [0.717, 1.165) is 12.3 Å². The smallest absolute Gasteiger partial charge is 0.126 e. The van der Waals surface area contributed by atoms with E-state index in [9.17, 15) is 0 Å². The van der Waals surface area contributed by atoms with Gasteiger partial charge in [0.1, 0.15) is 5.75 Å². The highest BCUT2D eigenvalue weighted by atomic mass is 16.5. The van der Waals surface area contributed by atoms with Gasteiger partial charge in [-0.2, -0.15) is 0 Å². The number of benzene rings is 2. The van der Waals surface area contributed by atoms with E-state index < -0.39 is 0 Å². The van der Waals surface area contributed by atoms with Gasteiger partial charge in [0.25, 0.3) is 0 Å². The van der Waals surface area contributed by atoms with Crippen LogP contribution in [0.2, 0.25) is 0 Å². The molecule has 1 aliphatic heterocycles. The number of hydrogen-bond acceptors (Lipinski definition) is 2. The Hall–Kier alpha value is -1.54. The topological polar surface area (TPSA) is 21.3 Å². The van der Waals surface area contributed by atoms with Crippen molar-refractivity contribution in [2.75, 3.05) is 13.7 Å². The standard InChI is InChI=1S/C17H21NO/c1-3-16-14(10-11-18-16)13-8-9-17(19-2)15-7-5-4-6-12(13)15/h4-9,14,16,18H,3,10-11H2,1-2H3. The van der Waals surface area contributed by atoms with Gasteiger partial charge in [0.2, 0.25) is 0 Å². The summed E-state index contributed by atoms with van der Waals surface area (Å²) in [5, 5.41) is 6.18. The average Bonchev–Trinajstić information content (AvgIpc) is 2.94. The second-order valence-electron chi connectivity index (χ2n) is 5.27. The van der Waals surface area contributed by atoms with Crippen molar-refractivity contribution in [2.45, 2.75) is 31.7 Å². The predicted molar refractivity (Wildman–Crippen MR) is 79.9 cm³/mol. The van der Waals surface area contributed by atoms with Crippen molar-refractivity contribution in [2.24, 2.45) is 0 Å². The number of methoxy groups -OCH3 is 1. The van der Waals surface area contributed by atoms with Crippen molar-refractivity contribution < 1.29 is 4.74 Å². The van der Waals surface area contributed by atoms with E-state index in [0.29, 0.717) is 12.0 Å². The first kappa shape index (κ1) is 12.5. The Balaban J connectivity index is 2.14. The molecule has 2 aromatic carbocycles. The van der Waals surface area contributed by atoms with Crippen LogP contribution in [0.3, 0.4) is 0 Å². The molecule has 1 aliphatic rings. The Bertz CT molecular complexity index is 578. The van der Waals surface area contributed by atoms with Gasteiger partial charge in [-0.3, -0.25) is 0 Å². The normalized spacial score (nSPS) is 22.8. The van der Waals surface area contributed by atoms with Gasteiger partial charge in [-0.25, -0.2) is 0 Å². The lowest BCUT2D eigenvalue weighted by Gasteiger charge is -2.21. The molecular weight excluding hydrogens is 234 g/mol. The van der Waals surface area contributed by atoms with E-state index in [1.807, 2.05) is 0 Å². The van der Waals surface area contributed by atoms with Crippen molar-refractivity contribution in [3.8, 4) is 5.75 Å². The first-order valence-electron chi connectivity index (χ1n) is 7.14. The zero-order chi connectivity index (χ0) is 13.2. The van der Waals surface area contributed by atoms with Gasteiger partial charge in [-0.05, 0) is 36.4 Å². The molecule has 1 N–H and O–H groups in total. The van der Waals surface area contributed by atoms with E-state index in [1.54, 1.807) is 7.11 Å². The minimum atomic E-state index is 0.608. The highest BCUT2D eigenvalue weighted by Gasteiger charge is 2.28. The van der Waals surface area contributed by atoms with E-state index >= 15 is 0 Å². The Kier molecular flexibility index (Phi) is 3.43. The van der Waals surface area contributed by atoms with E-state index in [1.165, 1.54) is 29.2 Å².